The summed E-state index contributed by atoms with van der Waals surface area (Å²) in [5, 5.41) is 0. The van der Waals surface area contributed by atoms with Gasteiger partial charge in [0.25, 0.3) is 0 Å². The SMILES string of the molecule is COCC/C=C1\OC(=O)[C@H]1COC. The number of esters is 1. The molecule has 0 bridgehead atoms. The molecular weight excluding hydrogens is 172 g/mol. The quantitative estimate of drug-likeness (QED) is 0.469. The van der Waals surface area contributed by atoms with Crippen molar-refractivity contribution in [3.05, 3.63) is 11.8 Å². The molecule has 1 aliphatic rings. The zero-order valence-electron chi connectivity index (χ0n) is 7.91. The molecule has 1 saturated heterocycles. The molecule has 0 aromatic heterocycles. The molecule has 1 atom stereocenters. The fourth-order valence-electron chi connectivity index (χ4n) is 1.14. The fourth-order valence-corrected chi connectivity index (χ4v) is 1.14. The molecule has 1 fully saturated rings. The predicted molar refractivity (Wildman–Crippen MR) is 46.0 cm³/mol. The number of methoxy groups -OCH3 is 2. The lowest BCUT2D eigenvalue weighted by molar-refractivity contribution is -0.159. The maximum Gasteiger partial charge on any atom is 0.324 e. The molecule has 0 radical (unpaired) electrons. The van der Waals surface area contributed by atoms with Crippen molar-refractivity contribution in [2.45, 2.75) is 6.42 Å². The molecule has 13 heavy (non-hydrogen) atoms. The molecular formula is C9H14O4. The maximum atomic E-state index is 10.9. The van der Waals surface area contributed by atoms with E-state index < -0.39 is 0 Å². The minimum atomic E-state index is -0.203. The van der Waals surface area contributed by atoms with Crippen molar-refractivity contribution in [1.82, 2.24) is 0 Å². The molecule has 0 unspecified atom stereocenters. The number of rotatable bonds is 5. The van der Waals surface area contributed by atoms with E-state index in [2.05, 4.69) is 0 Å². The summed E-state index contributed by atoms with van der Waals surface area (Å²) >= 11 is 0. The molecule has 0 amide bonds. The van der Waals surface area contributed by atoms with E-state index >= 15 is 0 Å². The van der Waals surface area contributed by atoms with Crippen LogP contribution < -0.4 is 0 Å². The van der Waals surface area contributed by atoms with Crippen LogP contribution in [0.4, 0.5) is 0 Å². The van der Waals surface area contributed by atoms with Gasteiger partial charge in [-0.3, -0.25) is 4.79 Å². The molecule has 4 nitrogen and oxygen atoms in total. The molecule has 1 aliphatic heterocycles. The van der Waals surface area contributed by atoms with Crippen molar-refractivity contribution in [2.75, 3.05) is 27.4 Å². The molecule has 0 saturated carbocycles. The van der Waals surface area contributed by atoms with Gasteiger partial charge < -0.3 is 14.2 Å². The third-order valence-corrected chi connectivity index (χ3v) is 1.85. The first-order chi connectivity index (χ1) is 6.29. The largest absolute Gasteiger partial charge is 0.430 e. The van der Waals surface area contributed by atoms with Crippen LogP contribution in [0.1, 0.15) is 6.42 Å². The van der Waals surface area contributed by atoms with Crippen molar-refractivity contribution in [3.8, 4) is 0 Å². The van der Waals surface area contributed by atoms with Crippen LogP contribution in [0.5, 0.6) is 0 Å². The van der Waals surface area contributed by atoms with E-state index in [9.17, 15) is 4.79 Å². The minimum Gasteiger partial charge on any atom is -0.430 e. The average molecular weight is 186 g/mol. The Balaban J connectivity index is 2.34. The summed E-state index contributed by atoms with van der Waals surface area (Å²) < 4.78 is 14.6. The summed E-state index contributed by atoms with van der Waals surface area (Å²) in [5.74, 6) is 0.316. The number of cyclic esters (lactones) is 1. The van der Waals surface area contributed by atoms with Gasteiger partial charge in [0.2, 0.25) is 0 Å². The molecule has 0 spiro atoms. The Bertz CT molecular complexity index is 210. The molecule has 74 valence electrons. The van der Waals surface area contributed by atoms with Gasteiger partial charge in [-0.2, -0.15) is 0 Å². The van der Waals surface area contributed by atoms with E-state index in [0.29, 0.717) is 19.0 Å². The lowest BCUT2D eigenvalue weighted by Crippen LogP contribution is -2.35. The van der Waals surface area contributed by atoms with Gasteiger partial charge in [0.15, 0.2) is 0 Å². The Hall–Kier alpha value is -0.870. The highest BCUT2D eigenvalue weighted by molar-refractivity contribution is 5.83. The normalized spacial score (nSPS) is 24.3. The smallest absolute Gasteiger partial charge is 0.324 e. The summed E-state index contributed by atoms with van der Waals surface area (Å²) in [6, 6.07) is 0. The van der Waals surface area contributed by atoms with Gasteiger partial charge in [0, 0.05) is 20.8 Å². The zero-order chi connectivity index (χ0) is 9.68. The van der Waals surface area contributed by atoms with E-state index in [1.807, 2.05) is 6.08 Å². The second-order valence-corrected chi connectivity index (χ2v) is 2.82. The monoisotopic (exact) mass is 186 g/mol. The molecule has 1 heterocycles. The second kappa shape index (κ2) is 4.99. The molecule has 0 aromatic rings. The van der Waals surface area contributed by atoms with Gasteiger partial charge in [0.1, 0.15) is 11.7 Å². The Morgan fingerprint density at radius 3 is 2.77 bits per heavy atom. The van der Waals surface area contributed by atoms with E-state index in [1.165, 1.54) is 0 Å². The highest BCUT2D eigenvalue weighted by atomic mass is 16.6. The summed E-state index contributed by atoms with van der Waals surface area (Å²) in [4.78, 5) is 10.9. The van der Waals surface area contributed by atoms with Gasteiger partial charge in [-0.05, 0) is 12.5 Å². The fraction of sp³-hybridized carbons (Fsp3) is 0.667. The van der Waals surface area contributed by atoms with Crippen LogP contribution in [0.2, 0.25) is 0 Å². The average Bonchev–Trinajstić information content (AvgIpc) is 2.13. The predicted octanol–water partition coefficient (Wildman–Crippen LogP) is 0.726. The first-order valence-electron chi connectivity index (χ1n) is 4.19. The Kier molecular flexibility index (Phi) is 3.92. The number of carbonyl (C=O) groups excluding carboxylic acids is 1. The highest BCUT2D eigenvalue weighted by Crippen LogP contribution is 2.26. The number of carbonyl (C=O) groups is 1. The molecule has 0 aromatic carbocycles. The lowest BCUT2D eigenvalue weighted by atomic mass is 10.0. The van der Waals surface area contributed by atoms with Crippen LogP contribution in [-0.2, 0) is 19.0 Å². The van der Waals surface area contributed by atoms with Crippen LogP contribution in [-0.4, -0.2) is 33.4 Å². The van der Waals surface area contributed by atoms with E-state index in [4.69, 9.17) is 14.2 Å². The van der Waals surface area contributed by atoms with Gasteiger partial charge >= 0.3 is 5.97 Å². The summed E-state index contributed by atoms with van der Waals surface area (Å²) in [6.45, 7) is 1.04. The van der Waals surface area contributed by atoms with E-state index in [-0.39, 0.29) is 11.9 Å². The van der Waals surface area contributed by atoms with Crippen molar-refractivity contribution in [3.63, 3.8) is 0 Å². The van der Waals surface area contributed by atoms with Gasteiger partial charge in [-0.1, -0.05) is 0 Å². The van der Waals surface area contributed by atoms with Gasteiger partial charge in [-0.25, -0.2) is 0 Å². The molecule has 0 aliphatic carbocycles. The minimum absolute atomic E-state index is 0.193. The second-order valence-electron chi connectivity index (χ2n) is 2.82. The molecule has 1 rings (SSSR count). The third kappa shape index (κ3) is 2.54. The zero-order valence-corrected chi connectivity index (χ0v) is 7.91. The Morgan fingerprint density at radius 1 is 1.46 bits per heavy atom. The van der Waals surface area contributed by atoms with Crippen LogP contribution in [0.3, 0.4) is 0 Å². The highest BCUT2D eigenvalue weighted by Gasteiger charge is 2.36. The van der Waals surface area contributed by atoms with Crippen molar-refractivity contribution in [2.24, 2.45) is 5.92 Å². The first kappa shape index (κ1) is 10.2. The van der Waals surface area contributed by atoms with E-state index in [0.717, 1.165) is 6.42 Å². The number of hydrogen-bond acceptors (Lipinski definition) is 4. The van der Waals surface area contributed by atoms with Crippen LogP contribution in [0.15, 0.2) is 11.8 Å². The van der Waals surface area contributed by atoms with Crippen LogP contribution in [0, 0.1) is 5.92 Å². The summed E-state index contributed by atoms with van der Waals surface area (Å²) in [5.41, 5.74) is 0. The molecule has 4 heteroatoms. The van der Waals surface area contributed by atoms with Crippen LogP contribution >= 0.6 is 0 Å². The van der Waals surface area contributed by atoms with Gasteiger partial charge in [0.05, 0.1) is 6.61 Å². The van der Waals surface area contributed by atoms with Gasteiger partial charge in [-0.15, -0.1) is 0 Å². The van der Waals surface area contributed by atoms with Crippen molar-refractivity contribution < 1.29 is 19.0 Å². The summed E-state index contributed by atoms with van der Waals surface area (Å²) in [7, 11) is 3.20. The third-order valence-electron chi connectivity index (χ3n) is 1.85. The summed E-state index contributed by atoms with van der Waals surface area (Å²) in [6.07, 6.45) is 2.63. The Labute approximate surface area is 77.5 Å². The lowest BCUT2D eigenvalue weighted by Gasteiger charge is -2.27. The standard InChI is InChI=1S/C9H14O4/c1-11-5-3-4-8-7(6-12-2)9(10)13-8/h4,7H,3,5-6H2,1-2H3/b8-4-/t7-/m0/s1. The molecule has 0 N–H and O–H groups in total. The van der Waals surface area contributed by atoms with Crippen molar-refractivity contribution in [1.29, 1.82) is 0 Å². The van der Waals surface area contributed by atoms with Crippen molar-refractivity contribution >= 4 is 5.97 Å². The topological polar surface area (TPSA) is 44.8 Å². The first-order valence-corrected chi connectivity index (χ1v) is 4.19. The number of hydrogen-bond donors (Lipinski definition) is 0. The van der Waals surface area contributed by atoms with Crippen LogP contribution in [0.25, 0.3) is 0 Å². The maximum absolute atomic E-state index is 10.9. The van der Waals surface area contributed by atoms with E-state index in [1.54, 1.807) is 14.2 Å². The Morgan fingerprint density at radius 2 is 2.23 bits per heavy atom. The number of ether oxygens (including phenoxy) is 3.